The summed E-state index contributed by atoms with van der Waals surface area (Å²) in [6.45, 7) is 1.93. The lowest BCUT2D eigenvalue weighted by Crippen LogP contribution is -2.28. The average Bonchev–Trinajstić information content (AvgIpc) is 2.98. The number of nitrogens with one attached hydrogen (secondary N) is 1. The van der Waals surface area contributed by atoms with Crippen molar-refractivity contribution in [3.63, 3.8) is 0 Å². The third kappa shape index (κ3) is 2.52. The fourth-order valence-electron chi connectivity index (χ4n) is 2.60. The van der Waals surface area contributed by atoms with Crippen LogP contribution in [0.3, 0.4) is 0 Å². The highest BCUT2D eigenvalue weighted by Crippen LogP contribution is 2.25. The summed E-state index contributed by atoms with van der Waals surface area (Å²) in [6.07, 6.45) is 9.11. The van der Waals surface area contributed by atoms with Crippen LogP contribution < -0.4 is 10.1 Å². The summed E-state index contributed by atoms with van der Waals surface area (Å²) in [5.41, 5.74) is 2.80. The molecular weight excluding hydrogens is 210 g/mol. The van der Waals surface area contributed by atoms with Gasteiger partial charge in [0.15, 0.2) is 0 Å². The molecule has 0 radical (unpaired) electrons. The van der Waals surface area contributed by atoms with Crippen LogP contribution in [0.1, 0.15) is 24.0 Å². The van der Waals surface area contributed by atoms with Crippen LogP contribution >= 0.6 is 0 Å². The Kier molecular flexibility index (Phi) is 3.14. The van der Waals surface area contributed by atoms with Gasteiger partial charge >= 0.3 is 0 Å². The Balaban J connectivity index is 1.51. The van der Waals surface area contributed by atoms with Gasteiger partial charge in [-0.25, -0.2) is 0 Å². The quantitative estimate of drug-likeness (QED) is 0.801. The summed E-state index contributed by atoms with van der Waals surface area (Å²) in [7, 11) is 0. The maximum atomic E-state index is 5.52. The summed E-state index contributed by atoms with van der Waals surface area (Å²) < 4.78 is 5.52. The molecule has 0 atom stereocenters. The second-order valence-electron chi connectivity index (χ2n) is 4.88. The highest BCUT2D eigenvalue weighted by molar-refractivity contribution is 5.39. The SMILES string of the molecule is C1=CCC(NCCc2ccc3c(c2)CCO3)C1. The molecule has 1 aliphatic carbocycles. The van der Waals surface area contributed by atoms with E-state index in [2.05, 4.69) is 35.7 Å². The third-order valence-corrected chi connectivity index (χ3v) is 3.61. The number of benzene rings is 1. The van der Waals surface area contributed by atoms with E-state index in [1.807, 2.05) is 0 Å². The second kappa shape index (κ2) is 4.92. The van der Waals surface area contributed by atoms with Gasteiger partial charge in [-0.3, -0.25) is 0 Å². The standard InChI is InChI=1S/C15H19NO/c1-2-4-14(3-1)16-9-7-12-5-6-15-13(11-12)8-10-17-15/h1-2,5-6,11,14,16H,3-4,7-10H2. The van der Waals surface area contributed by atoms with Crippen molar-refractivity contribution in [1.82, 2.24) is 5.32 Å². The van der Waals surface area contributed by atoms with Crippen LogP contribution in [-0.2, 0) is 12.8 Å². The number of hydrogen-bond acceptors (Lipinski definition) is 2. The molecule has 3 rings (SSSR count). The maximum absolute atomic E-state index is 5.52. The zero-order valence-corrected chi connectivity index (χ0v) is 10.1. The Hall–Kier alpha value is -1.28. The molecule has 0 aromatic heterocycles. The van der Waals surface area contributed by atoms with E-state index < -0.39 is 0 Å². The smallest absolute Gasteiger partial charge is 0.122 e. The van der Waals surface area contributed by atoms with Crippen LogP contribution in [0.5, 0.6) is 5.75 Å². The van der Waals surface area contributed by atoms with Gasteiger partial charge in [0.25, 0.3) is 0 Å². The fraction of sp³-hybridized carbons (Fsp3) is 0.467. The van der Waals surface area contributed by atoms with Gasteiger partial charge in [0.1, 0.15) is 5.75 Å². The van der Waals surface area contributed by atoms with Gasteiger partial charge in [-0.05, 0) is 43.0 Å². The first-order chi connectivity index (χ1) is 8.42. The molecule has 0 fully saturated rings. The van der Waals surface area contributed by atoms with Crippen LogP contribution in [0.25, 0.3) is 0 Å². The molecule has 17 heavy (non-hydrogen) atoms. The molecule has 1 aliphatic heterocycles. The zero-order valence-electron chi connectivity index (χ0n) is 10.1. The summed E-state index contributed by atoms with van der Waals surface area (Å²) in [6, 6.07) is 7.29. The molecule has 1 aromatic carbocycles. The minimum atomic E-state index is 0.674. The monoisotopic (exact) mass is 229 g/mol. The molecule has 0 amide bonds. The molecule has 2 heteroatoms. The van der Waals surface area contributed by atoms with Gasteiger partial charge in [-0.2, -0.15) is 0 Å². The highest BCUT2D eigenvalue weighted by Gasteiger charge is 2.12. The lowest BCUT2D eigenvalue weighted by molar-refractivity contribution is 0.357. The van der Waals surface area contributed by atoms with Gasteiger partial charge in [0, 0.05) is 12.5 Å². The Morgan fingerprint density at radius 1 is 1.24 bits per heavy atom. The second-order valence-corrected chi connectivity index (χ2v) is 4.88. The van der Waals surface area contributed by atoms with E-state index in [0.29, 0.717) is 6.04 Å². The van der Waals surface area contributed by atoms with E-state index in [-0.39, 0.29) is 0 Å². The molecule has 0 bridgehead atoms. The first-order valence-electron chi connectivity index (χ1n) is 6.55. The minimum Gasteiger partial charge on any atom is -0.493 e. The zero-order chi connectivity index (χ0) is 11.5. The molecule has 1 heterocycles. The Morgan fingerprint density at radius 3 is 3.00 bits per heavy atom. The molecule has 0 saturated carbocycles. The van der Waals surface area contributed by atoms with Crippen molar-refractivity contribution in [3.8, 4) is 5.75 Å². The van der Waals surface area contributed by atoms with Crippen LogP contribution in [0.2, 0.25) is 0 Å². The van der Waals surface area contributed by atoms with E-state index in [1.165, 1.54) is 24.0 Å². The normalized spacial score (nSPS) is 18.4. The summed E-state index contributed by atoms with van der Waals surface area (Å²) >= 11 is 0. The van der Waals surface area contributed by atoms with E-state index in [4.69, 9.17) is 4.74 Å². The molecule has 1 N–H and O–H groups in total. The first kappa shape index (κ1) is 10.8. The predicted molar refractivity (Wildman–Crippen MR) is 69.5 cm³/mol. The van der Waals surface area contributed by atoms with Crippen LogP contribution in [0.4, 0.5) is 0 Å². The van der Waals surface area contributed by atoms with Crippen molar-refractivity contribution in [2.24, 2.45) is 0 Å². The summed E-state index contributed by atoms with van der Waals surface area (Å²) in [5.74, 6) is 1.08. The lowest BCUT2D eigenvalue weighted by atomic mass is 10.1. The van der Waals surface area contributed by atoms with Gasteiger partial charge in [-0.1, -0.05) is 24.3 Å². The molecule has 2 aliphatic rings. The minimum absolute atomic E-state index is 0.674. The van der Waals surface area contributed by atoms with E-state index in [9.17, 15) is 0 Å². The molecule has 0 spiro atoms. The largest absolute Gasteiger partial charge is 0.493 e. The van der Waals surface area contributed by atoms with Crippen molar-refractivity contribution in [2.45, 2.75) is 31.7 Å². The van der Waals surface area contributed by atoms with Gasteiger partial charge in [-0.15, -0.1) is 0 Å². The van der Waals surface area contributed by atoms with Crippen molar-refractivity contribution in [3.05, 3.63) is 41.5 Å². The Labute approximate surface area is 103 Å². The van der Waals surface area contributed by atoms with Gasteiger partial charge in [0.05, 0.1) is 6.61 Å². The molecule has 2 nitrogen and oxygen atoms in total. The lowest BCUT2D eigenvalue weighted by Gasteiger charge is -2.11. The van der Waals surface area contributed by atoms with E-state index in [1.54, 1.807) is 0 Å². The fourth-order valence-corrected chi connectivity index (χ4v) is 2.60. The Bertz CT molecular complexity index is 417. The number of rotatable bonds is 4. The molecule has 1 aromatic rings. The maximum Gasteiger partial charge on any atom is 0.122 e. The predicted octanol–water partition coefficient (Wildman–Crippen LogP) is 2.47. The van der Waals surface area contributed by atoms with Crippen molar-refractivity contribution in [1.29, 1.82) is 0 Å². The highest BCUT2D eigenvalue weighted by atomic mass is 16.5. The topological polar surface area (TPSA) is 21.3 Å². The number of ether oxygens (including phenoxy) is 1. The van der Waals surface area contributed by atoms with Crippen molar-refractivity contribution < 1.29 is 4.74 Å². The van der Waals surface area contributed by atoms with E-state index in [0.717, 1.165) is 31.7 Å². The van der Waals surface area contributed by atoms with E-state index >= 15 is 0 Å². The molecule has 0 saturated heterocycles. The van der Waals surface area contributed by atoms with Crippen LogP contribution in [0.15, 0.2) is 30.4 Å². The average molecular weight is 229 g/mol. The van der Waals surface area contributed by atoms with Gasteiger partial charge < -0.3 is 10.1 Å². The number of fused-ring (bicyclic) bond motifs is 1. The van der Waals surface area contributed by atoms with Gasteiger partial charge in [0.2, 0.25) is 0 Å². The van der Waals surface area contributed by atoms with Crippen molar-refractivity contribution in [2.75, 3.05) is 13.2 Å². The van der Waals surface area contributed by atoms with Crippen LogP contribution in [-0.4, -0.2) is 19.2 Å². The number of hydrogen-bond donors (Lipinski definition) is 1. The third-order valence-electron chi connectivity index (χ3n) is 3.61. The summed E-state index contributed by atoms with van der Waals surface area (Å²) in [5, 5.41) is 3.60. The van der Waals surface area contributed by atoms with Crippen LogP contribution in [0, 0.1) is 0 Å². The van der Waals surface area contributed by atoms with Crippen molar-refractivity contribution >= 4 is 0 Å². The molecule has 90 valence electrons. The Morgan fingerprint density at radius 2 is 2.12 bits per heavy atom. The summed E-state index contributed by atoms with van der Waals surface area (Å²) in [4.78, 5) is 0. The molecule has 0 unspecified atom stereocenters. The molecular formula is C15H19NO. The first-order valence-corrected chi connectivity index (χ1v) is 6.55.